The Morgan fingerprint density at radius 2 is 1.72 bits per heavy atom. The number of esters is 1. The molecule has 46 heavy (non-hydrogen) atoms. The number of rotatable bonds is 10. The van der Waals surface area contributed by atoms with Crippen LogP contribution >= 0.6 is 11.6 Å². The van der Waals surface area contributed by atoms with Gasteiger partial charge in [0.1, 0.15) is 49.6 Å². The fraction of sp³-hybridized carbons (Fsp3) is 0.200. The maximum atomic E-state index is 13.3. The molecule has 1 aromatic heterocycles. The number of carbonyl (C=O) groups is 1. The quantitative estimate of drug-likeness (QED) is 0.0712. The van der Waals surface area contributed by atoms with Gasteiger partial charge in [-0.1, -0.05) is 89.6 Å². The first-order valence-corrected chi connectivity index (χ1v) is 14.7. The highest BCUT2D eigenvalue weighted by molar-refractivity contribution is 6.43. The first kappa shape index (κ1) is 32.3. The molecule has 0 spiro atoms. The van der Waals surface area contributed by atoms with Gasteiger partial charge in [0.05, 0.1) is 13.7 Å². The van der Waals surface area contributed by atoms with Crippen molar-refractivity contribution in [1.29, 1.82) is 0 Å². The molecule has 0 aliphatic carbocycles. The lowest BCUT2D eigenvalue weighted by atomic mass is 9.91. The Labute approximate surface area is 271 Å². The second-order valence-corrected chi connectivity index (χ2v) is 10.7. The number of methoxy groups -OCH3 is 1. The number of ether oxygens (including phenoxy) is 3. The van der Waals surface area contributed by atoms with Crippen LogP contribution in [0.2, 0.25) is 5.02 Å². The van der Waals surface area contributed by atoms with E-state index in [2.05, 4.69) is 15.2 Å². The zero-order valence-electron chi connectivity index (χ0n) is 25.5. The number of aromatic nitrogens is 3. The maximum absolute atomic E-state index is 13.3. The first-order valence-electron chi connectivity index (χ1n) is 14.3. The Morgan fingerprint density at radius 3 is 2.41 bits per heavy atom. The molecular formula is C35H32ClFN4O5. The van der Waals surface area contributed by atoms with Crippen LogP contribution in [0.5, 0.6) is 5.75 Å². The minimum absolute atomic E-state index is 0.110. The predicted octanol–water partition coefficient (Wildman–Crippen LogP) is 6.84. The van der Waals surface area contributed by atoms with Gasteiger partial charge in [-0.15, -0.1) is 0 Å². The van der Waals surface area contributed by atoms with E-state index in [1.807, 2.05) is 73.7 Å². The van der Waals surface area contributed by atoms with Crippen LogP contribution in [0.1, 0.15) is 33.9 Å². The van der Waals surface area contributed by atoms with Crippen molar-refractivity contribution in [2.75, 3.05) is 14.2 Å². The standard InChI is InChI=1S/C18H19NO4.C17H13ClFN3O/c1-13-8-4-7-11-16(13)23-12-14-9-5-6-10-15(14)17(19-22-3)18(20)21-2;18-15-4-2-1-3-14(15)16-17(23-16,9-22-11-20-10-21-22)12-5-7-13(19)8-6-12/h4-11H,12H2,1-3H3;1-8,10-11,16H,9H2/b19-17+;. The number of carbonyl (C=O) groups excluding carboxylic acids is 1. The van der Waals surface area contributed by atoms with Crippen LogP contribution in [0.15, 0.2) is 115 Å². The van der Waals surface area contributed by atoms with Crippen LogP contribution in [0.4, 0.5) is 4.39 Å². The van der Waals surface area contributed by atoms with Crippen molar-refractivity contribution in [1.82, 2.24) is 14.8 Å². The van der Waals surface area contributed by atoms with Crippen LogP contribution in [0, 0.1) is 12.7 Å². The summed E-state index contributed by atoms with van der Waals surface area (Å²) in [5.41, 5.74) is 3.78. The van der Waals surface area contributed by atoms with Crippen molar-refractivity contribution < 1.29 is 28.2 Å². The average Bonchev–Trinajstić information content (AvgIpc) is 3.55. The lowest BCUT2D eigenvalue weighted by Gasteiger charge is -2.14. The van der Waals surface area contributed by atoms with E-state index in [1.54, 1.807) is 29.2 Å². The number of epoxide rings is 1. The molecule has 5 aromatic rings. The summed E-state index contributed by atoms with van der Waals surface area (Å²) in [6.45, 7) is 2.77. The highest BCUT2D eigenvalue weighted by Gasteiger charge is 2.59. The first-order chi connectivity index (χ1) is 22.4. The fourth-order valence-corrected chi connectivity index (χ4v) is 5.27. The Morgan fingerprint density at radius 1 is 1.00 bits per heavy atom. The Hall–Kier alpha value is -5.06. The minimum Gasteiger partial charge on any atom is -0.489 e. The zero-order valence-corrected chi connectivity index (χ0v) is 26.2. The van der Waals surface area contributed by atoms with Gasteiger partial charge in [0.25, 0.3) is 0 Å². The molecule has 0 saturated carbocycles. The Balaban J connectivity index is 0.000000181. The van der Waals surface area contributed by atoms with Crippen molar-refractivity contribution >= 4 is 23.3 Å². The summed E-state index contributed by atoms with van der Waals surface area (Å²) in [4.78, 5) is 20.6. The molecule has 0 bridgehead atoms. The Kier molecular flexibility index (Phi) is 10.4. The second-order valence-electron chi connectivity index (χ2n) is 10.3. The lowest BCUT2D eigenvalue weighted by Crippen LogP contribution is -2.19. The number of benzene rings is 4. The normalized spacial score (nSPS) is 17.0. The number of nitrogens with zero attached hydrogens (tertiary/aromatic N) is 4. The monoisotopic (exact) mass is 642 g/mol. The van der Waals surface area contributed by atoms with Crippen molar-refractivity contribution in [2.24, 2.45) is 5.16 Å². The molecule has 1 aliphatic heterocycles. The van der Waals surface area contributed by atoms with E-state index in [-0.39, 0.29) is 17.6 Å². The summed E-state index contributed by atoms with van der Waals surface area (Å²) >= 11 is 6.31. The molecule has 2 unspecified atom stereocenters. The molecule has 0 radical (unpaired) electrons. The minimum atomic E-state index is -0.619. The summed E-state index contributed by atoms with van der Waals surface area (Å²) < 4.78 is 31.7. The summed E-state index contributed by atoms with van der Waals surface area (Å²) in [5.74, 6) is -0.0413. The molecule has 11 heteroatoms. The largest absolute Gasteiger partial charge is 0.489 e. The van der Waals surface area contributed by atoms with Crippen LogP contribution in [0.3, 0.4) is 0 Å². The number of para-hydroxylation sites is 1. The summed E-state index contributed by atoms with van der Waals surface area (Å²) in [5, 5.41) is 8.59. The topological polar surface area (TPSA) is 100 Å². The smallest absolute Gasteiger partial charge is 0.360 e. The number of halogens is 2. The Bertz CT molecular complexity index is 1800. The molecule has 2 atom stereocenters. The summed E-state index contributed by atoms with van der Waals surface area (Å²) in [7, 11) is 2.69. The van der Waals surface area contributed by atoms with Gasteiger partial charge in [-0.25, -0.2) is 18.9 Å². The molecule has 1 saturated heterocycles. The van der Waals surface area contributed by atoms with Gasteiger partial charge in [0, 0.05) is 16.1 Å². The molecule has 9 nitrogen and oxygen atoms in total. The highest BCUT2D eigenvalue weighted by Crippen LogP contribution is 2.59. The molecule has 236 valence electrons. The third-order valence-corrected chi connectivity index (χ3v) is 7.73. The highest BCUT2D eigenvalue weighted by atomic mass is 35.5. The van der Waals surface area contributed by atoms with Crippen molar-refractivity contribution in [3.8, 4) is 5.75 Å². The number of hydrogen-bond donors (Lipinski definition) is 0. The number of oxime groups is 1. The lowest BCUT2D eigenvalue weighted by molar-refractivity contribution is -0.132. The van der Waals surface area contributed by atoms with Crippen molar-refractivity contribution in [3.63, 3.8) is 0 Å². The fourth-order valence-electron chi connectivity index (χ4n) is 5.03. The molecule has 6 rings (SSSR count). The van der Waals surface area contributed by atoms with Gasteiger partial charge in [0.2, 0.25) is 0 Å². The molecule has 2 heterocycles. The van der Waals surface area contributed by atoms with Gasteiger partial charge < -0.3 is 19.0 Å². The number of aryl methyl sites for hydroxylation is 1. The van der Waals surface area contributed by atoms with Crippen molar-refractivity contribution in [3.05, 3.63) is 148 Å². The van der Waals surface area contributed by atoms with E-state index >= 15 is 0 Å². The van der Waals surface area contributed by atoms with E-state index in [1.165, 1.54) is 32.7 Å². The maximum Gasteiger partial charge on any atom is 0.360 e. The van der Waals surface area contributed by atoms with Gasteiger partial charge in [0.15, 0.2) is 5.71 Å². The van der Waals surface area contributed by atoms with E-state index in [0.717, 1.165) is 28.0 Å². The molecule has 4 aromatic carbocycles. The van der Waals surface area contributed by atoms with Crippen LogP contribution in [-0.2, 0) is 37.9 Å². The molecule has 0 amide bonds. The molecular weight excluding hydrogens is 611 g/mol. The van der Waals surface area contributed by atoms with Crippen LogP contribution in [0.25, 0.3) is 0 Å². The molecule has 1 aliphatic rings. The molecule has 1 fully saturated rings. The molecule has 0 N–H and O–H groups in total. The SMILES string of the molecule is CO/N=C(/C(=O)OC)c1ccccc1COc1ccccc1C.Fc1ccc(C2(Cn3cncn3)OC2c2ccccc2Cl)cc1. The van der Waals surface area contributed by atoms with Crippen LogP contribution in [-0.4, -0.2) is 40.7 Å². The van der Waals surface area contributed by atoms with E-state index in [0.29, 0.717) is 23.7 Å². The van der Waals surface area contributed by atoms with E-state index < -0.39 is 11.6 Å². The van der Waals surface area contributed by atoms with E-state index in [4.69, 9.17) is 30.6 Å². The second kappa shape index (κ2) is 14.8. The van der Waals surface area contributed by atoms with Gasteiger partial charge in [-0.05, 0) is 47.9 Å². The number of hydrogen-bond acceptors (Lipinski definition) is 8. The van der Waals surface area contributed by atoms with Gasteiger partial charge >= 0.3 is 5.97 Å². The average molecular weight is 643 g/mol. The van der Waals surface area contributed by atoms with Crippen molar-refractivity contribution in [2.45, 2.75) is 31.8 Å². The van der Waals surface area contributed by atoms with Crippen LogP contribution < -0.4 is 4.74 Å². The van der Waals surface area contributed by atoms with E-state index in [9.17, 15) is 9.18 Å². The summed E-state index contributed by atoms with van der Waals surface area (Å²) in [6.07, 6.45) is 2.91. The van der Waals surface area contributed by atoms with Gasteiger partial charge in [-0.2, -0.15) is 5.10 Å². The third kappa shape index (κ3) is 7.42. The predicted molar refractivity (Wildman–Crippen MR) is 171 cm³/mol. The third-order valence-electron chi connectivity index (χ3n) is 7.39. The van der Waals surface area contributed by atoms with Gasteiger partial charge in [-0.3, -0.25) is 0 Å². The summed E-state index contributed by atoms with van der Waals surface area (Å²) in [6, 6.07) is 29.0. The zero-order chi connectivity index (χ0) is 32.5.